The van der Waals surface area contributed by atoms with Gasteiger partial charge in [0.05, 0.1) is 0 Å². The summed E-state index contributed by atoms with van der Waals surface area (Å²) in [6, 6.07) is 0. The van der Waals surface area contributed by atoms with Gasteiger partial charge in [0.1, 0.15) is 0 Å². The van der Waals surface area contributed by atoms with Gasteiger partial charge in [-0.15, -0.1) is 0 Å². The van der Waals surface area contributed by atoms with E-state index in [2.05, 4.69) is 29.6 Å². The highest BCUT2D eigenvalue weighted by molar-refractivity contribution is 5.34. The maximum Gasteiger partial charge on any atom is 0.0331 e. The molecule has 1 aliphatic carbocycles. The molecule has 0 spiro atoms. The van der Waals surface area contributed by atoms with Crippen molar-refractivity contribution < 1.29 is 0 Å². The molecule has 0 bridgehead atoms. The molecule has 0 amide bonds. The fourth-order valence-corrected chi connectivity index (χ4v) is 1.40. The number of rotatable bonds is 0. The lowest BCUT2D eigenvalue weighted by atomic mass is 10.00. The first-order valence-electron chi connectivity index (χ1n) is 3.74. The highest BCUT2D eigenvalue weighted by atomic mass is 14.9. The summed E-state index contributed by atoms with van der Waals surface area (Å²) in [5, 5.41) is 3.36. The van der Waals surface area contributed by atoms with Crippen molar-refractivity contribution in [2.24, 2.45) is 0 Å². The average Bonchev–Trinajstić information content (AvgIpc) is 2.05. The lowest BCUT2D eigenvalue weighted by Gasteiger charge is -2.18. The molecule has 1 heteroatoms. The molecule has 0 aromatic heterocycles. The summed E-state index contributed by atoms with van der Waals surface area (Å²) in [5.41, 5.74) is 2.89. The minimum atomic E-state index is 1.01. The molecule has 0 atom stereocenters. The minimum absolute atomic E-state index is 1.01. The van der Waals surface area contributed by atoms with E-state index < -0.39 is 0 Å². The van der Waals surface area contributed by atoms with E-state index in [1.807, 2.05) is 0 Å². The molecule has 52 valence electrons. The molecular formula is C9H11N. The standard InChI is InChI=1S/C9H11N/c1-2-6-9-8(4-1)5-3-7-10-9/h1-3,5,10H,4,6-7H2. The van der Waals surface area contributed by atoms with Gasteiger partial charge in [-0.05, 0) is 12.0 Å². The van der Waals surface area contributed by atoms with Crippen LogP contribution in [0.4, 0.5) is 0 Å². The van der Waals surface area contributed by atoms with Crippen molar-refractivity contribution >= 4 is 0 Å². The Bertz CT molecular complexity index is 221. The summed E-state index contributed by atoms with van der Waals surface area (Å²) in [5.74, 6) is 0. The molecule has 2 rings (SSSR count). The zero-order chi connectivity index (χ0) is 6.81. The highest BCUT2D eigenvalue weighted by Gasteiger charge is 2.07. The van der Waals surface area contributed by atoms with E-state index in [1.54, 1.807) is 0 Å². The van der Waals surface area contributed by atoms with Gasteiger partial charge in [0.2, 0.25) is 0 Å². The molecule has 2 aliphatic rings. The minimum Gasteiger partial charge on any atom is -0.384 e. The molecule has 0 aromatic carbocycles. The van der Waals surface area contributed by atoms with Crippen molar-refractivity contribution in [3.05, 3.63) is 35.6 Å². The molecule has 0 saturated carbocycles. The Hall–Kier alpha value is -0.980. The van der Waals surface area contributed by atoms with Gasteiger partial charge >= 0.3 is 0 Å². The number of dihydropyridines is 1. The van der Waals surface area contributed by atoms with Crippen LogP contribution in [0.3, 0.4) is 0 Å². The fraction of sp³-hybridized carbons (Fsp3) is 0.333. The lowest BCUT2D eigenvalue weighted by Crippen LogP contribution is -2.18. The van der Waals surface area contributed by atoms with Gasteiger partial charge < -0.3 is 5.32 Å². The van der Waals surface area contributed by atoms with Crippen LogP contribution < -0.4 is 5.32 Å². The Labute approximate surface area is 61.1 Å². The van der Waals surface area contributed by atoms with Crippen molar-refractivity contribution in [2.75, 3.05) is 6.54 Å². The molecule has 1 heterocycles. The third kappa shape index (κ3) is 0.878. The predicted molar refractivity (Wildman–Crippen MR) is 42.5 cm³/mol. The van der Waals surface area contributed by atoms with Gasteiger partial charge in [0.15, 0.2) is 0 Å². The Morgan fingerprint density at radius 1 is 1.10 bits per heavy atom. The summed E-state index contributed by atoms with van der Waals surface area (Å²) in [6.45, 7) is 1.01. The van der Waals surface area contributed by atoms with Crippen LogP contribution in [0, 0.1) is 0 Å². The predicted octanol–water partition coefficient (Wildman–Crippen LogP) is 1.75. The third-order valence-corrected chi connectivity index (χ3v) is 1.97. The van der Waals surface area contributed by atoms with Gasteiger partial charge in [0, 0.05) is 18.7 Å². The maximum absolute atomic E-state index is 3.36. The number of nitrogens with one attached hydrogen (secondary N) is 1. The summed E-state index contributed by atoms with van der Waals surface area (Å²) >= 11 is 0. The molecule has 0 unspecified atom stereocenters. The van der Waals surface area contributed by atoms with Crippen LogP contribution in [-0.4, -0.2) is 6.54 Å². The van der Waals surface area contributed by atoms with Crippen molar-refractivity contribution in [3.8, 4) is 0 Å². The van der Waals surface area contributed by atoms with Crippen LogP contribution >= 0.6 is 0 Å². The summed E-state index contributed by atoms with van der Waals surface area (Å²) in [4.78, 5) is 0. The number of hydrogen-bond acceptors (Lipinski definition) is 1. The van der Waals surface area contributed by atoms with E-state index in [9.17, 15) is 0 Å². The van der Waals surface area contributed by atoms with Crippen LogP contribution in [-0.2, 0) is 0 Å². The average molecular weight is 133 g/mol. The molecule has 0 saturated heterocycles. The first kappa shape index (κ1) is 5.78. The number of hydrogen-bond donors (Lipinski definition) is 1. The van der Waals surface area contributed by atoms with Crippen molar-refractivity contribution in [1.82, 2.24) is 5.32 Å². The van der Waals surface area contributed by atoms with E-state index in [-0.39, 0.29) is 0 Å². The first-order chi connectivity index (χ1) is 4.97. The SMILES string of the molecule is C1=CC2=C(CC=CC2)NC1. The van der Waals surface area contributed by atoms with E-state index in [1.165, 1.54) is 11.3 Å². The summed E-state index contributed by atoms with van der Waals surface area (Å²) in [6.07, 6.45) is 11.1. The quantitative estimate of drug-likeness (QED) is 0.496. The topological polar surface area (TPSA) is 12.0 Å². The lowest BCUT2D eigenvalue weighted by molar-refractivity contribution is 0.818. The Kier molecular flexibility index (Phi) is 1.35. The Morgan fingerprint density at radius 2 is 2.00 bits per heavy atom. The maximum atomic E-state index is 3.36. The third-order valence-electron chi connectivity index (χ3n) is 1.97. The second-order valence-corrected chi connectivity index (χ2v) is 2.67. The molecule has 1 aliphatic heterocycles. The highest BCUT2D eigenvalue weighted by Crippen LogP contribution is 2.20. The normalized spacial score (nSPS) is 22.4. The Morgan fingerprint density at radius 3 is 2.90 bits per heavy atom. The van der Waals surface area contributed by atoms with E-state index in [0.717, 1.165) is 19.4 Å². The van der Waals surface area contributed by atoms with Crippen molar-refractivity contribution in [3.63, 3.8) is 0 Å². The van der Waals surface area contributed by atoms with E-state index in [4.69, 9.17) is 0 Å². The zero-order valence-electron chi connectivity index (χ0n) is 5.93. The molecule has 1 N–H and O–H groups in total. The van der Waals surface area contributed by atoms with Crippen LogP contribution in [0.2, 0.25) is 0 Å². The molecule has 10 heavy (non-hydrogen) atoms. The summed E-state index contributed by atoms with van der Waals surface area (Å²) in [7, 11) is 0. The molecule has 0 aromatic rings. The van der Waals surface area contributed by atoms with Crippen LogP contribution in [0.5, 0.6) is 0 Å². The Balaban J connectivity index is 2.25. The van der Waals surface area contributed by atoms with Gasteiger partial charge in [-0.2, -0.15) is 0 Å². The van der Waals surface area contributed by atoms with Crippen LogP contribution in [0.1, 0.15) is 12.8 Å². The first-order valence-corrected chi connectivity index (χ1v) is 3.74. The van der Waals surface area contributed by atoms with Crippen LogP contribution in [0.25, 0.3) is 0 Å². The number of allylic oxidation sites excluding steroid dienone is 4. The summed E-state index contributed by atoms with van der Waals surface area (Å²) < 4.78 is 0. The van der Waals surface area contributed by atoms with Crippen LogP contribution in [0.15, 0.2) is 35.6 Å². The van der Waals surface area contributed by atoms with Crippen molar-refractivity contribution in [2.45, 2.75) is 12.8 Å². The second kappa shape index (κ2) is 2.33. The molecule has 0 radical (unpaired) electrons. The molecular weight excluding hydrogens is 122 g/mol. The van der Waals surface area contributed by atoms with Gasteiger partial charge in [-0.3, -0.25) is 0 Å². The molecule has 0 fully saturated rings. The van der Waals surface area contributed by atoms with Crippen molar-refractivity contribution in [1.29, 1.82) is 0 Å². The second-order valence-electron chi connectivity index (χ2n) is 2.67. The van der Waals surface area contributed by atoms with Gasteiger partial charge in [-0.25, -0.2) is 0 Å². The van der Waals surface area contributed by atoms with E-state index in [0.29, 0.717) is 0 Å². The zero-order valence-corrected chi connectivity index (χ0v) is 5.93. The van der Waals surface area contributed by atoms with E-state index >= 15 is 0 Å². The van der Waals surface area contributed by atoms with Gasteiger partial charge in [0.25, 0.3) is 0 Å². The molecule has 1 nitrogen and oxygen atoms in total. The smallest absolute Gasteiger partial charge is 0.0331 e. The van der Waals surface area contributed by atoms with Gasteiger partial charge in [-0.1, -0.05) is 24.3 Å². The fourth-order valence-electron chi connectivity index (χ4n) is 1.40. The largest absolute Gasteiger partial charge is 0.384 e. The monoisotopic (exact) mass is 133 g/mol.